The van der Waals surface area contributed by atoms with Gasteiger partial charge < -0.3 is 20.1 Å². The molecule has 1 aliphatic rings. The third kappa shape index (κ3) is 5.14. The van der Waals surface area contributed by atoms with Crippen LogP contribution < -0.4 is 10.1 Å². The number of thioether (sulfide) groups is 1. The summed E-state index contributed by atoms with van der Waals surface area (Å²) in [6, 6.07) is 10.3. The van der Waals surface area contributed by atoms with Gasteiger partial charge in [-0.3, -0.25) is 0 Å². The molecule has 1 aromatic carbocycles. The summed E-state index contributed by atoms with van der Waals surface area (Å²) in [7, 11) is 1.94. The van der Waals surface area contributed by atoms with E-state index < -0.39 is 17.9 Å². The molecule has 0 bridgehead atoms. The molecule has 0 fully saturated rings. The summed E-state index contributed by atoms with van der Waals surface area (Å²) in [4.78, 5) is 6.33. The molecule has 0 amide bonds. The number of hydrogen-bond acceptors (Lipinski definition) is 6. The number of benzene rings is 1. The van der Waals surface area contributed by atoms with Crippen LogP contribution in [0.4, 0.5) is 13.2 Å². The van der Waals surface area contributed by atoms with Gasteiger partial charge in [0.2, 0.25) is 0 Å². The van der Waals surface area contributed by atoms with Crippen molar-refractivity contribution in [3.05, 3.63) is 58.2 Å². The summed E-state index contributed by atoms with van der Waals surface area (Å²) in [5, 5.41) is 15.1. The van der Waals surface area contributed by atoms with Gasteiger partial charge in [0, 0.05) is 18.8 Å². The molecule has 1 aromatic heterocycles. The fraction of sp³-hybridized carbons (Fsp3) is 0.350. The van der Waals surface area contributed by atoms with E-state index in [0.717, 1.165) is 21.3 Å². The number of pyridine rings is 1. The van der Waals surface area contributed by atoms with E-state index in [1.807, 2.05) is 18.0 Å². The monoisotopic (exact) mass is 459 g/mol. The van der Waals surface area contributed by atoms with Gasteiger partial charge in [0.1, 0.15) is 21.4 Å². The highest BCUT2D eigenvalue weighted by Crippen LogP contribution is 2.37. The highest BCUT2D eigenvalue weighted by molar-refractivity contribution is 8.03. The Kier molecular flexibility index (Phi) is 6.45. The number of aliphatic hydroxyl groups excluding tert-OH is 1. The van der Waals surface area contributed by atoms with Gasteiger partial charge in [-0.05, 0) is 50.2 Å². The molecule has 1 atom stereocenters. The molecule has 1 unspecified atom stereocenters. The highest BCUT2D eigenvalue weighted by Gasteiger charge is 2.49. The normalized spacial score (nSPS) is 15.9. The van der Waals surface area contributed by atoms with Gasteiger partial charge in [-0.25, -0.2) is 4.98 Å². The van der Waals surface area contributed by atoms with Crippen LogP contribution in [0.15, 0.2) is 52.7 Å². The largest absolute Gasteiger partial charge is 0.485 e. The van der Waals surface area contributed by atoms with Crippen LogP contribution in [0.1, 0.15) is 19.4 Å². The summed E-state index contributed by atoms with van der Waals surface area (Å²) in [5.41, 5.74) is -0.107. The Labute approximate surface area is 181 Å². The molecule has 2 N–H and O–H groups in total. The molecule has 0 saturated carbocycles. The van der Waals surface area contributed by atoms with Gasteiger partial charge in [0.15, 0.2) is 6.10 Å². The maximum absolute atomic E-state index is 12.8. The van der Waals surface area contributed by atoms with E-state index in [-0.39, 0.29) is 5.75 Å². The lowest BCUT2D eigenvalue weighted by Crippen LogP contribution is -2.50. The minimum absolute atomic E-state index is 0.229. The first-order valence-electron chi connectivity index (χ1n) is 9.00. The molecule has 0 radical (unpaired) electrons. The second-order valence-electron chi connectivity index (χ2n) is 7.30. The number of rotatable bonds is 6. The number of aliphatic hydroxyl groups is 1. The van der Waals surface area contributed by atoms with Crippen molar-refractivity contribution in [1.82, 2.24) is 15.2 Å². The standard InChI is InChI=1S/C20H21ClF3N3O2S/c1-19(2,18(28)20(22,23)24)29-14-7-4-12(5-8-14)16-17(27(3)11-26-16)30-15-9-6-13(21)10-25-15/h4-10,18,26,28H,11H2,1-3H3. The Morgan fingerprint density at radius 3 is 2.43 bits per heavy atom. The van der Waals surface area contributed by atoms with E-state index in [9.17, 15) is 18.3 Å². The first kappa shape index (κ1) is 22.6. The van der Waals surface area contributed by atoms with Crippen molar-refractivity contribution in [3.8, 4) is 5.75 Å². The lowest BCUT2D eigenvalue weighted by Gasteiger charge is -2.32. The zero-order valence-electron chi connectivity index (χ0n) is 16.5. The average Bonchev–Trinajstić information content (AvgIpc) is 3.03. The van der Waals surface area contributed by atoms with Crippen LogP contribution in [0.3, 0.4) is 0 Å². The highest BCUT2D eigenvalue weighted by atomic mass is 35.5. The lowest BCUT2D eigenvalue weighted by molar-refractivity contribution is -0.243. The van der Waals surface area contributed by atoms with E-state index in [1.165, 1.54) is 25.6 Å². The van der Waals surface area contributed by atoms with Gasteiger partial charge in [0.05, 0.1) is 17.4 Å². The van der Waals surface area contributed by atoms with E-state index in [0.29, 0.717) is 11.7 Å². The Morgan fingerprint density at radius 1 is 1.20 bits per heavy atom. The molecule has 1 aliphatic heterocycles. The Morgan fingerprint density at radius 2 is 1.87 bits per heavy atom. The predicted octanol–water partition coefficient (Wildman–Crippen LogP) is 4.73. The number of nitrogens with one attached hydrogen (secondary N) is 1. The van der Waals surface area contributed by atoms with Crippen LogP contribution in [0.5, 0.6) is 5.75 Å². The summed E-state index contributed by atoms with van der Waals surface area (Å²) in [5.74, 6) is 0.229. The molecule has 2 heterocycles. The van der Waals surface area contributed by atoms with Gasteiger partial charge in [-0.2, -0.15) is 13.2 Å². The molecular formula is C20H21ClF3N3O2S. The number of nitrogens with zero attached hydrogens (tertiary/aromatic N) is 2. The number of halogens is 4. The molecule has 2 aromatic rings. The summed E-state index contributed by atoms with van der Waals surface area (Å²) < 4.78 is 43.9. The molecule has 0 spiro atoms. The van der Waals surface area contributed by atoms with Gasteiger partial charge in [-0.15, -0.1) is 0 Å². The third-order valence-corrected chi connectivity index (χ3v) is 5.83. The Hall–Kier alpha value is -2.10. The van der Waals surface area contributed by atoms with Crippen molar-refractivity contribution in [1.29, 1.82) is 0 Å². The zero-order chi connectivity index (χ0) is 22.1. The van der Waals surface area contributed by atoms with Crippen LogP contribution in [-0.4, -0.2) is 46.6 Å². The minimum Gasteiger partial charge on any atom is -0.485 e. The van der Waals surface area contributed by atoms with E-state index >= 15 is 0 Å². The fourth-order valence-electron chi connectivity index (χ4n) is 2.86. The van der Waals surface area contributed by atoms with Crippen LogP contribution >= 0.6 is 23.4 Å². The second-order valence-corrected chi connectivity index (χ2v) is 8.75. The molecule has 5 nitrogen and oxygen atoms in total. The van der Waals surface area contributed by atoms with Crippen molar-refractivity contribution in [3.63, 3.8) is 0 Å². The van der Waals surface area contributed by atoms with Gasteiger partial charge in [0.25, 0.3) is 0 Å². The van der Waals surface area contributed by atoms with E-state index in [2.05, 4.69) is 10.3 Å². The number of aromatic nitrogens is 1. The first-order valence-corrected chi connectivity index (χ1v) is 10.2. The molecule has 162 valence electrons. The molecule has 10 heteroatoms. The zero-order valence-corrected chi connectivity index (χ0v) is 18.1. The maximum atomic E-state index is 12.8. The van der Waals surface area contributed by atoms with Gasteiger partial charge >= 0.3 is 6.18 Å². The summed E-state index contributed by atoms with van der Waals surface area (Å²) >= 11 is 7.37. The lowest BCUT2D eigenvalue weighted by atomic mass is 10.0. The molecule has 30 heavy (non-hydrogen) atoms. The van der Waals surface area contributed by atoms with Crippen molar-refractivity contribution >= 4 is 29.1 Å². The van der Waals surface area contributed by atoms with E-state index in [4.69, 9.17) is 16.3 Å². The average molecular weight is 460 g/mol. The molecule has 3 rings (SSSR count). The van der Waals surface area contributed by atoms with Crippen LogP contribution in [0, 0.1) is 0 Å². The fourth-order valence-corrected chi connectivity index (χ4v) is 3.92. The Bertz CT molecular complexity index is 918. The van der Waals surface area contributed by atoms with Crippen molar-refractivity contribution < 1.29 is 23.0 Å². The topological polar surface area (TPSA) is 57.6 Å². The van der Waals surface area contributed by atoms with E-state index in [1.54, 1.807) is 36.5 Å². The molecule has 0 aliphatic carbocycles. The molecular weight excluding hydrogens is 439 g/mol. The van der Waals surface area contributed by atoms with Crippen LogP contribution in [0.2, 0.25) is 5.02 Å². The SMILES string of the molecule is CN1CNC(c2ccc(OC(C)(C)C(O)C(F)(F)F)cc2)=C1Sc1ccc(Cl)cn1. The number of alkyl halides is 3. The number of hydrogen-bond donors (Lipinski definition) is 2. The summed E-state index contributed by atoms with van der Waals surface area (Å²) in [6.07, 6.45) is -5.79. The van der Waals surface area contributed by atoms with Crippen molar-refractivity contribution in [2.45, 2.75) is 36.8 Å². The van der Waals surface area contributed by atoms with Crippen molar-refractivity contribution in [2.75, 3.05) is 13.7 Å². The van der Waals surface area contributed by atoms with Crippen LogP contribution in [0.25, 0.3) is 5.70 Å². The minimum atomic E-state index is -4.77. The quantitative estimate of drug-likeness (QED) is 0.651. The first-order chi connectivity index (χ1) is 14.0. The number of ether oxygens (including phenoxy) is 1. The molecule has 0 saturated heterocycles. The van der Waals surface area contributed by atoms with Crippen molar-refractivity contribution in [2.24, 2.45) is 0 Å². The third-order valence-electron chi connectivity index (χ3n) is 4.45. The maximum Gasteiger partial charge on any atom is 0.418 e. The van der Waals surface area contributed by atoms with Crippen LogP contribution in [-0.2, 0) is 0 Å². The smallest absolute Gasteiger partial charge is 0.418 e. The predicted molar refractivity (Wildman–Crippen MR) is 111 cm³/mol. The second kappa shape index (κ2) is 8.56. The van der Waals surface area contributed by atoms with Gasteiger partial charge in [-0.1, -0.05) is 23.4 Å². The Balaban J connectivity index is 1.80. The summed E-state index contributed by atoms with van der Waals surface area (Å²) in [6.45, 7) is 3.00.